The van der Waals surface area contributed by atoms with Gasteiger partial charge in [0.1, 0.15) is 12.1 Å². The quantitative estimate of drug-likeness (QED) is 0.402. The average Bonchev–Trinajstić information content (AvgIpc) is 2.65. The predicted octanol–water partition coefficient (Wildman–Crippen LogP) is -1.77. The minimum atomic E-state index is -4.82. The van der Waals surface area contributed by atoms with Crippen LogP contribution in [0.2, 0.25) is 0 Å². The zero-order valence-corrected chi connectivity index (χ0v) is 12.0. The van der Waals surface area contributed by atoms with E-state index in [4.69, 9.17) is 10.3 Å². The largest absolute Gasteiger partial charge is 0.418 e. The number of urea groups is 1. The normalized spacial score (nSPS) is 25.1. The molecule has 1 fully saturated rings. The van der Waals surface area contributed by atoms with Crippen LogP contribution < -0.4 is 11.1 Å². The van der Waals surface area contributed by atoms with Gasteiger partial charge in [-0.25, -0.2) is 4.79 Å². The van der Waals surface area contributed by atoms with Gasteiger partial charge in [0.15, 0.2) is 0 Å². The number of carbonyl (C=O) groups excluding carboxylic acids is 2. The number of carbonyl (C=O) groups is 2. The van der Waals surface area contributed by atoms with Crippen LogP contribution in [0.1, 0.15) is 6.92 Å². The maximum atomic E-state index is 12.1. The molecule has 0 unspecified atom stereocenters. The molecule has 0 aromatic heterocycles. The van der Waals surface area contributed by atoms with E-state index in [2.05, 4.69) is 9.60 Å². The van der Waals surface area contributed by atoms with Crippen molar-refractivity contribution in [1.82, 2.24) is 15.3 Å². The van der Waals surface area contributed by atoms with E-state index >= 15 is 0 Å². The van der Waals surface area contributed by atoms with Gasteiger partial charge in [0.2, 0.25) is 5.91 Å². The van der Waals surface area contributed by atoms with Gasteiger partial charge < -0.3 is 16.0 Å². The van der Waals surface area contributed by atoms with Gasteiger partial charge in [-0.1, -0.05) is 6.08 Å². The third-order valence-electron chi connectivity index (χ3n) is 3.26. The van der Waals surface area contributed by atoms with Crippen LogP contribution in [0.3, 0.4) is 0 Å². The minimum absolute atomic E-state index is 0.0946. The van der Waals surface area contributed by atoms with E-state index in [1.807, 2.05) is 0 Å². The van der Waals surface area contributed by atoms with Gasteiger partial charge in [-0.3, -0.25) is 9.35 Å². The molecule has 2 atom stereocenters. The zero-order valence-electron chi connectivity index (χ0n) is 11.2. The van der Waals surface area contributed by atoms with Gasteiger partial charge in [-0.2, -0.15) is 13.5 Å². The van der Waals surface area contributed by atoms with Crippen LogP contribution in [-0.2, 0) is 19.5 Å². The van der Waals surface area contributed by atoms with Crippen LogP contribution in [0, 0.1) is 0 Å². The van der Waals surface area contributed by atoms with Crippen LogP contribution in [0.25, 0.3) is 0 Å². The number of fused-ring (bicyclic) bond motifs is 2. The Morgan fingerprint density at radius 3 is 2.86 bits per heavy atom. The summed E-state index contributed by atoms with van der Waals surface area (Å²) in [5.41, 5.74) is 5.89. The molecule has 2 rings (SSSR count). The topological polar surface area (TPSA) is 142 Å². The number of amides is 3. The van der Waals surface area contributed by atoms with Crippen molar-refractivity contribution in [3.63, 3.8) is 0 Å². The van der Waals surface area contributed by atoms with E-state index < -0.39 is 34.4 Å². The van der Waals surface area contributed by atoms with Crippen molar-refractivity contribution in [2.75, 3.05) is 19.6 Å². The monoisotopic (exact) mass is 320 g/mol. The Kier molecular flexibility index (Phi) is 4.18. The lowest BCUT2D eigenvalue weighted by atomic mass is 10.0. The maximum absolute atomic E-state index is 12.1. The molecule has 0 aromatic carbocycles. The summed E-state index contributed by atoms with van der Waals surface area (Å²) in [6.45, 7) is 2.26. The molecule has 0 aromatic rings. The van der Waals surface area contributed by atoms with E-state index in [-0.39, 0.29) is 19.6 Å². The van der Waals surface area contributed by atoms with Gasteiger partial charge in [-0.05, 0) is 12.5 Å². The zero-order chi connectivity index (χ0) is 15.8. The Balaban J connectivity index is 2.21. The third kappa shape index (κ3) is 3.15. The molecule has 2 bridgehead atoms. The van der Waals surface area contributed by atoms with Crippen molar-refractivity contribution >= 4 is 22.3 Å². The molecule has 3 amide bonds. The highest BCUT2D eigenvalue weighted by Crippen LogP contribution is 2.30. The highest BCUT2D eigenvalue weighted by atomic mass is 32.3. The van der Waals surface area contributed by atoms with Gasteiger partial charge >= 0.3 is 16.4 Å². The third-order valence-corrected chi connectivity index (χ3v) is 3.60. The standard InChI is InChI=1S/C10H16N4O6S/c1-6-4-7(9(15)12-3-2-11)13-5-8(6)14(10(13)16)20-21(17,18)19/h4,7-8H,2-3,5,11H2,1H3,(H,12,15)(H,17,18,19)/t7-,8+/m0/s1. The van der Waals surface area contributed by atoms with Gasteiger partial charge in [0, 0.05) is 13.1 Å². The van der Waals surface area contributed by atoms with Crippen LogP contribution in [0.4, 0.5) is 4.79 Å². The molecule has 118 valence electrons. The Morgan fingerprint density at radius 1 is 1.62 bits per heavy atom. The molecule has 0 spiro atoms. The number of nitrogens with one attached hydrogen (secondary N) is 1. The Morgan fingerprint density at radius 2 is 2.29 bits per heavy atom. The lowest BCUT2D eigenvalue weighted by Gasteiger charge is -2.27. The van der Waals surface area contributed by atoms with Gasteiger partial charge in [0.05, 0.1) is 6.54 Å². The number of nitrogens with zero attached hydrogens (tertiary/aromatic N) is 2. The maximum Gasteiger partial charge on any atom is 0.418 e. The molecule has 10 nitrogen and oxygen atoms in total. The predicted molar refractivity (Wildman–Crippen MR) is 70.0 cm³/mol. The van der Waals surface area contributed by atoms with Gasteiger partial charge in [-0.15, -0.1) is 4.28 Å². The number of nitrogens with two attached hydrogens (primary N) is 1. The Bertz CT molecular complexity index is 588. The van der Waals surface area contributed by atoms with E-state index in [1.54, 1.807) is 13.0 Å². The fraction of sp³-hybridized carbons (Fsp3) is 0.600. The fourth-order valence-electron chi connectivity index (χ4n) is 2.31. The van der Waals surface area contributed by atoms with Crippen LogP contribution in [0.5, 0.6) is 0 Å². The molecule has 2 heterocycles. The first-order valence-corrected chi connectivity index (χ1v) is 7.54. The summed E-state index contributed by atoms with van der Waals surface area (Å²) in [4.78, 5) is 25.3. The number of rotatable bonds is 5. The smallest absolute Gasteiger partial charge is 0.353 e. The van der Waals surface area contributed by atoms with E-state index in [0.717, 1.165) is 4.90 Å². The second kappa shape index (κ2) is 5.60. The summed E-state index contributed by atoms with van der Waals surface area (Å²) < 4.78 is 34.6. The van der Waals surface area contributed by atoms with Crippen LogP contribution >= 0.6 is 0 Å². The van der Waals surface area contributed by atoms with E-state index in [9.17, 15) is 18.0 Å². The summed E-state index contributed by atoms with van der Waals surface area (Å²) in [6, 6.07) is -2.34. The summed E-state index contributed by atoms with van der Waals surface area (Å²) >= 11 is 0. The Labute approximate surface area is 121 Å². The van der Waals surface area contributed by atoms with Crippen molar-refractivity contribution in [3.05, 3.63) is 11.6 Å². The molecular formula is C10H16N4O6S. The average molecular weight is 320 g/mol. The first kappa shape index (κ1) is 15.7. The molecule has 2 aliphatic heterocycles. The van der Waals surface area contributed by atoms with E-state index in [0.29, 0.717) is 10.6 Å². The summed E-state index contributed by atoms with van der Waals surface area (Å²) in [7, 11) is -4.82. The molecule has 2 aliphatic rings. The molecule has 0 aliphatic carbocycles. The lowest BCUT2D eigenvalue weighted by molar-refractivity contribution is -0.123. The van der Waals surface area contributed by atoms with Crippen molar-refractivity contribution in [2.24, 2.45) is 5.73 Å². The van der Waals surface area contributed by atoms with E-state index in [1.165, 1.54) is 0 Å². The van der Waals surface area contributed by atoms with Crippen molar-refractivity contribution in [2.45, 2.75) is 19.0 Å². The van der Waals surface area contributed by atoms with Crippen molar-refractivity contribution < 1.29 is 26.8 Å². The number of hydrogen-bond acceptors (Lipinski definition) is 6. The molecule has 21 heavy (non-hydrogen) atoms. The fourth-order valence-corrected chi connectivity index (χ4v) is 2.68. The highest BCUT2D eigenvalue weighted by Gasteiger charge is 2.48. The number of hydrogen-bond donors (Lipinski definition) is 3. The van der Waals surface area contributed by atoms with Gasteiger partial charge in [0.25, 0.3) is 0 Å². The first-order valence-electron chi connectivity index (χ1n) is 6.17. The SMILES string of the molecule is CC1=C[C@@H](C(=O)NCCN)N2C[C@H]1N(OS(=O)(=O)O)C2=O. The molecule has 4 N–H and O–H groups in total. The van der Waals surface area contributed by atoms with Crippen LogP contribution in [0.15, 0.2) is 11.6 Å². The molecule has 11 heteroatoms. The molecular weight excluding hydrogens is 304 g/mol. The second-order valence-electron chi connectivity index (χ2n) is 4.71. The first-order chi connectivity index (χ1) is 9.74. The summed E-state index contributed by atoms with van der Waals surface area (Å²) in [5, 5.41) is 3.11. The lowest BCUT2D eigenvalue weighted by Crippen LogP contribution is -2.49. The molecule has 0 radical (unpaired) electrons. The minimum Gasteiger partial charge on any atom is -0.353 e. The number of hydroxylamine groups is 2. The second-order valence-corrected chi connectivity index (χ2v) is 5.72. The molecule has 0 saturated carbocycles. The summed E-state index contributed by atoms with van der Waals surface area (Å²) in [5.74, 6) is -0.416. The molecule has 1 saturated heterocycles. The van der Waals surface area contributed by atoms with Crippen molar-refractivity contribution in [1.29, 1.82) is 0 Å². The highest BCUT2D eigenvalue weighted by molar-refractivity contribution is 7.80. The Hall–Kier alpha value is -1.69. The van der Waals surface area contributed by atoms with Crippen molar-refractivity contribution in [3.8, 4) is 0 Å². The summed E-state index contributed by atoms with van der Waals surface area (Å²) in [6.07, 6.45) is 1.55. The van der Waals surface area contributed by atoms with Crippen LogP contribution in [-0.4, -0.2) is 66.6 Å².